The van der Waals surface area contributed by atoms with Crippen molar-refractivity contribution in [1.29, 1.82) is 0 Å². The molecule has 15 heavy (non-hydrogen) atoms. The second-order valence-corrected chi connectivity index (χ2v) is 4.68. The van der Waals surface area contributed by atoms with Crippen molar-refractivity contribution in [3.63, 3.8) is 0 Å². The minimum absolute atomic E-state index is 0.256. The second kappa shape index (κ2) is 6.51. The van der Waals surface area contributed by atoms with Crippen molar-refractivity contribution >= 4 is 17.7 Å². The van der Waals surface area contributed by atoms with Crippen LogP contribution < -0.4 is 0 Å². The standard InChI is InChI=1S/C12H16O2S/c1-10(9-15-8-7-12(13)14)11-5-3-2-4-6-11/h2-6,10H,7-9H2,1H3,(H,13,14). The van der Waals surface area contributed by atoms with Gasteiger partial charge in [-0.2, -0.15) is 11.8 Å². The fraction of sp³-hybridized carbons (Fsp3) is 0.417. The Kier molecular flexibility index (Phi) is 5.26. The summed E-state index contributed by atoms with van der Waals surface area (Å²) < 4.78 is 0. The molecule has 82 valence electrons. The first-order valence-electron chi connectivity index (χ1n) is 5.04. The van der Waals surface area contributed by atoms with Crippen LogP contribution in [-0.2, 0) is 4.79 Å². The first kappa shape index (κ1) is 12.1. The molecule has 0 heterocycles. The molecule has 1 aromatic rings. The van der Waals surface area contributed by atoms with Crippen LogP contribution in [0, 0.1) is 0 Å². The third kappa shape index (κ3) is 4.88. The topological polar surface area (TPSA) is 37.3 Å². The number of carbonyl (C=O) groups is 1. The van der Waals surface area contributed by atoms with Gasteiger partial charge >= 0.3 is 5.97 Å². The largest absolute Gasteiger partial charge is 0.481 e. The third-order valence-corrected chi connectivity index (χ3v) is 3.43. The van der Waals surface area contributed by atoms with Gasteiger partial charge in [0, 0.05) is 5.75 Å². The van der Waals surface area contributed by atoms with Gasteiger partial charge in [-0.25, -0.2) is 0 Å². The van der Waals surface area contributed by atoms with Crippen LogP contribution in [0.25, 0.3) is 0 Å². The molecule has 1 atom stereocenters. The molecular weight excluding hydrogens is 208 g/mol. The molecule has 0 saturated carbocycles. The van der Waals surface area contributed by atoms with Crippen LogP contribution in [0.15, 0.2) is 30.3 Å². The molecule has 0 radical (unpaired) electrons. The van der Waals surface area contributed by atoms with Gasteiger partial charge in [-0.05, 0) is 17.2 Å². The Bertz CT molecular complexity index is 298. The molecule has 1 unspecified atom stereocenters. The van der Waals surface area contributed by atoms with E-state index in [1.165, 1.54) is 5.56 Å². The van der Waals surface area contributed by atoms with Crippen LogP contribution in [0.3, 0.4) is 0 Å². The van der Waals surface area contributed by atoms with E-state index in [1.807, 2.05) is 18.2 Å². The van der Waals surface area contributed by atoms with Crippen molar-refractivity contribution in [2.75, 3.05) is 11.5 Å². The molecule has 0 saturated heterocycles. The molecule has 1 rings (SSSR count). The predicted molar refractivity (Wildman–Crippen MR) is 64.4 cm³/mol. The van der Waals surface area contributed by atoms with Crippen molar-refractivity contribution < 1.29 is 9.90 Å². The van der Waals surface area contributed by atoms with Gasteiger partial charge in [0.1, 0.15) is 0 Å². The minimum Gasteiger partial charge on any atom is -0.481 e. The van der Waals surface area contributed by atoms with Gasteiger partial charge in [0.2, 0.25) is 0 Å². The van der Waals surface area contributed by atoms with Crippen LogP contribution in [-0.4, -0.2) is 22.6 Å². The van der Waals surface area contributed by atoms with Crippen LogP contribution in [0.4, 0.5) is 0 Å². The van der Waals surface area contributed by atoms with Gasteiger partial charge in [-0.15, -0.1) is 0 Å². The zero-order chi connectivity index (χ0) is 11.1. The average Bonchev–Trinajstić information content (AvgIpc) is 2.25. The lowest BCUT2D eigenvalue weighted by Gasteiger charge is -2.10. The smallest absolute Gasteiger partial charge is 0.304 e. The zero-order valence-electron chi connectivity index (χ0n) is 8.85. The molecule has 0 fully saturated rings. The molecule has 0 spiro atoms. The lowest BCUT2D eigenvalue weighted by molar-refractivity contribution is -0.136. The van der Waals surface area contributed by atoms with Crippen molar-refractivity contribution in [2.45, 2.75) is 19.3 Å². The van der Waals surface area contributed by atoms with E-state index in [9.17, 15) is 4.79 Å². The Morgan fingerprint density at radius 3 is 2.67 bits per heavy atom. The fourth-order valence-corrected chi connectivity index (χ4v) is 2.33. The number of carboxylic acid groups (broad SMARTS) is 1. The van der Waals surface area contributed by atoms with Crippen molar-refractivity contribution in [2.24, 2.45) is 0 Å². The normalized spacial score (nSPS) is 12.3. The second-order valence-electron chi connectivity index (χ2n) is 3.53. The summed E-state index contributed by atoms with van der Waals surface area (Å²) in [7, 11) is 0. The van der Waals surface area contributed by atoms with E-state index in [0.29, 0.717) is 11.7 Å². The predicted octanol–water partition coefficient (Wildman–Crippen LogP) is 3.00. The highest BCUT2D eigenvalue weighted by atomic mass is 32.2. The van der Waals surface area contributed by atoms with E-state index >= 15 is 0 Å². The van der Waals surface area contributed by atoms with E-state index in [4.69, 9.17) is 5.11 Å². The monoisotopic (exact) mass is 224 g/mol. The van der Waals surface area contributed by atoms with E-state index < -0.39 is 5.97 Å². The summed E-state index contributed by atoms with van der Waals surface area (Å²) >= 11 is 1.70. The molecule has 0 aromatic heterocycles. The number of hydrogen-bond donors (Lipinski definition) is 1. The van der Waals surface area contributed by atoms with Crippen molar-refractivity contribution in [1.82, 2.24) is 0 Å². The summed E-state index contributed by atoms with van der Waals surface area (Å²) in [5, 5.41) is 8.48. The Morgan fingerprint density at radius 2 is 2.07 bits per heavy atom. The molecule has 3 heteroatoms. The van der Waals surface area contributed by atoms with E-state index in [2.05, 4.69) is 19.1 Å². The van der Waals surface area contributed by atoms with E-state index in [0.717, 1.165) is 5.75 Å². The fourth-order valence-electron chi connectivity index (χ4n) is 1.30. The minimum atomic E-state index is -0.713. The summed E-state index contributed by atoms with van der Waals surface area (Å²) in [5.74, 6) is 1.46. The zero-order valence-corrected chi connectivity index (χ0v) is 9.67. The van der Waals surface area contributed by atoms with Crippen molar-refractivity contribution in [3.05, 3.63) is 35.9 Å². The number of aliphatic carboxylic acids is 1. The molecular formula is C12H16O2S. The highest BCUT2D eigenvalue weighted by Crippen LogP contribution is 2.20. The number of benzene rings is 1. The molecule has 2 nitrogen and oxygen atoms in total. The Morgan fingerprint density at radius 1 is 1.40 bits per heavy atom. The summed E-state index contributed by atoms with van der Waals surface area (Å²) in [6, 6.07) is 10.3. The first-order valence-corrected chi connectivity index (χ1v) is 6.20. The Balaban J connectivity index is 2.25. The molecule has 1 N–H and O–H groups in total. The number of hydrogen-bond acceptors (Lipinski definition) is 2. The third-order valence-electron chi connectivity index (χ3n) is 2.20. The lowest BCUT2D eigenvalue weighted by Crippen LogP contribution is -2.00. The quantitative estimate of drug-likeness (QED) is 0.755. The molecule has 0 aliphatic rings. The van der Waals surface area contributed by atoms with Gasteiger partial charge in [-0.3, -0.25) is 4.79 Å². The van der Waals surface area contributed by atoms with Crippen LogP contribution in [0.1, 0.15) is 24.8 Å². The highest BCUT2D eigenvalue weighted by Gasteiger charge is 2.05. The maximum atomic E-state index is 10.3. The summed E-state index contributed by atoms with van der Waals surface area (Å²) in [6.45, 7) is 2.17. The average molecular weight is 224 g/mol. The highest BCUT2D eigenvalue weighted by molar-refractivity contribution is 7.99. The van der Waals surface area contributed by atoms with Crippen LogP contribution >= 0.6 is 11.8 Å². The molecule has 0 aliphatic heterocycles. The molecule has 1 aromatic carbocycles. The van der Waals surface area contributed by atoms with Gasteiger partial charge in [0.15, 0.2) is 0 Å². The maximum Gasteiger partial charge on any atom is 0.304 e. The summed E-state index contributed by atoms with van der Waals surface area (Å²) in [4.78, 5) is 10.3. The summed E-state index contributed by atoms with van der Waals surface area (Å²) in [5.41, 5.74) is 1.32. The van der Waals surface area contributed by atoms with Crippen LogP contribution in [0.5, 0.6) is 0 Å². The van der Waals surface area contributed by atoms with E-state index in [-0.39, 0.29) is 6.42 Å². The molecule has 0 bridgehead atoms. The Hall–Kier alpha value is -0.960. The number of carboxylic acids is 1. The SMILES string of the molecule is CC(CSCCC(=O)O)c1ccccc1. The van der Waals surface area contributed by atoms with Crippen LogP contribution in [0.2, 0.25) is 0 Å². The summed E-state index contributed by atoms with van der Waals surface area (Å²) in [6.07, 6.45) is 0.256. The van der Waals surface area contributed by atoms with Gasteiger partial charge < -0.3 is 5.11 Å². The number of rotatable bonds is 6. The molecule has 0 amide bonds. The maximum absolute atomic E-state index is 10.3. The first-order chi connectivity index (χ1) is 7.20. The van der Waals surface area contributed by atoms with Gasteiger partial charge in [0.05, 0.1) is 6.42 Å². The van der Waals surface area contributed by atoms with Gasteiger partial charge in [0.25, 0.3) is 0 Å². The molecule has 0 aliphatic carbocycles. The number of thioether (sulfide) groups is 1. The Labute approximate surface area is 94.7 Å². The van der Waals surface area contributed by atoms with E-state index in [1.54, 1.807) is 11.8 Å². The van der Waals surface area contributed by atoms with Gasteiger partial charge in [-0.1, -0.05) is 37.3 Å². The van der Waals surface area contributed by atoms with Crippen molar-refractivity contribution in [3.8, 4) is 0 Å². The lowest BCUT2D eigenvalue weighted by atomic mass is 10.0.